The molecule has 0 aliphatic carbocycles. The van der Waals surface area contributed by atoms with Gasteiger partial charge in [0, 0.05) is 5.69 Å². The Balaban J connectivity index is 1.93. The van der Waals surface area contributed by atoms with E-state index in [-0.39, 0.29) is 15.5 Å². The lowest BCUT2D eigenvalue weighted by molar-refractivity contribution is 0.102. The van der Waals surface area contributed by atoms with Crippen LogP contribution in [0.1, 0.15) is 15.4 Å². The molecule has 130 valence electrons. The lowest BCUT2D eigenvalue weighted by Gasteiger charge is -2.09. The highest BCUT2D eigenvalue weighted by molar-refractivity contribution is 7.89. The Kier molecular flexibility index (Phi) is 4.79. The number of carbonyl (C=O) groups is 1. The van der Waals surface area contributed by atoms with Crippen LogP contribution in [0.25, 0.3) is 10.2 Å². The highest BCUT2D eigenvalue weighted by atomic mass is 35.5. The molecule has 0 unspecified atom stereocenters. The van der Waals surface area contributed by atoms with E-state index in [9.17, 15) is 13.2 Å². The van der Waals surface area contributed by atoms with Crippen LogP contribution in [0.3, 0.4) is 0 Å². The van der Waals surface area contributed by atoms with Gasteiger partial charge in [-0.15, -0.1) is 11.3 Å². The van der Waals surface area contributed by atoms with Gasteiger partial charge < -0.3 is 5.32 Å². The largest absolute Gasteiger partial charge is 0.322 e. The van der Waals surface area contributed by atoms with Crippen LogP contribution >= 0.6 is 22.9 Å². The number of aryl methyl sites for hydroxylation is 1. The molecule has 9 heteroatoms. The Morgan fingerprint density at radius 2 is 1.96 bits per heavy atom. The van der Waals surface area contributed by atoms with E-state index in [4.69, 9.17) is 11.6 Å². The van der Waals surface area contributed by atoms with E-state index < -0.39 is 15.9 Å². The smallest absolute Gasteiger partial charge is 0.257 e. The van der Waals surface area contributed by atoms with Gasteiger partial charge in [-0.2, -0.15) is 0 Å². The zero-order valence-corrected chi connectivity index (χ0v) is 15.7. The van der Waals surface area contributed by atoms with E-state index in [2.05, 4.69) is 15.0 Å². The van der Waals surface area contributed by atoms with E-state index in [0.717, 1.165) is 15.2 Å². The molecule has 0 atom stereocenters. The number of hydrogen-bond acceptors (Lipinski definition) is 5. The monoisotopic (exact) mass is 395 g/mol. The Hall–Kier alpha value is -2.00. The fraction of sp³-hybridized carbons (Fsp3) is 0.125. The molecular formula is C16H14ClN3O3S2. The van der Waals surface area contributed by atoms with Gasteiger partial charge in [-0.3, -0.25) is 4.79 Å². The number of rotatable bonds is 4. The second-order valence-corrected chi connectivity index (χ2v) is 8.75. The standard InChI is InChI=1S/C16H14ClN3O3S2/c1-9-19-14-6-3-10(7-15(14)24-9)20-16(21)12-8-11(4-5-13(12)17)25(22,23)18-2/h3-8,18H,1-2H3,(H,20,21). The Morgan fingerprint density at radius 1 is 1.20 bits per heavy atom. The van der Waals surface area contributed by atoms with Crippen LogP contribution in [0.2, 0.25) is 5.02 Å². The zero-order valence-electron chi connectivity index (χ0n) is 13.3. The van der Waals surface area contributed by atoms with Crippen molar-refractivity contribution in [3.05, 3.63) is 52.0 Å². The average molecular weight is 396 g/mol. The van der Waals surface area contributed by atoms with Crippen LogP contribution in [0.15, 0.2) is 41.3 Å². The van der Waals surface area contributed by atoms with Crippen LogP contribution in [0.4, 0.5) is 5.69 Å². The minimum atomic E-state index is -3.67. The first-order chi connectivity index (χ1) is 11.8. The predicted molar refractivity (Wildman–Crippen MR) is 100 cm³/mol. The van der Waals surface area contributed by atoms with E-state index in [1.165, 1.54) is 36.6 Å². The maximum atomic E-state index is 12.5. The van der Waals surface area contributed by atoms with Crippen molar-refractivity contribution < 1.29 is 13.2 Å². The zero-order chi connectivity index (χ0) is 18.2. The minimum absolute atomic E-state index is 0.0296. The molecule has 0 aliphatic rings. The van der Waals surface area contributed by atoms with Gasteiger partial charge in [0.2, 0.25) is 10.0 Å². The van der Waals surface area contributed by atoms with Crippen molar-refractivity contribution in [3.8, 4) is 0 Å². The fourth-order valence-corrected chi connectivity index (χ4v) is 4.11. The van der Waals surface area contributed by atoms with Gasteiger partial charge in [-0.25, -0.2) is 18.1 Å². The maximum absolute atomic E-state index is 12.5. The Bertz CT molecular complexity index is 1080. The third-order valence-electron chi connectivity index (χ3n) is 3.51. The number of carbonyl (C=O) groups excluding carboxylic acids is 1. The molecule has 0 saturated heterocycles. The minimum Gasteiger partial charge on any atom is -0.322 e. The van der Waals surface area contributed by atoms with Gasteiger partial charge in [0.25, 0.3) is 5.91 Å². The summed E-state index contributed by atoms with van der Waals surface area (Å²) >= 11 is 7.59. The molecule has 1 aromatic heterocycles. The summed E-state index contributed by atoms with van der Waals surface area (Å²) in [6.07, 6.45) is 0. The summed E-state index contributed by atoms with van der Waals surface area (Å²) in [5, 5.41) is 3.84. The molecule has 2 N–H and O–H groups in total. The van der Waals surface area contributed by atoms with Gasteiger partial charge in [0.05, 0.1) is 30.7 Å². The number of thiazole rings is 1. The topological polar surface area (TPSA) is 88.2 Å². The molecule has 0 bridgehead atoms. The van der Waals surface area contributed by atoms with Crippen molar-refractivity contribution in [2.24, 2.45) is 0 Å². The summed E-state index contributed by atoms with van der Waals surface area (Å²) in [6.45, 7) is 1.91. The summed E-state index contributed by atoms with van der Waals surface area (Å²) in [5.74, 6) is -0.487. The van der Waals surface area contributed by atoms with Crippen LogP contribution < -0.4 is 10.0 Å². The van der Waals surface area contributed by atoms with Crippen molar-refractivity contribution in [2.45, 2.75) is 11.8 Å². The van der Waals surface area contributed by atoms with Crippen LogP contribution in [-0.4, -0.2) is 26.4 Å². The highest BCUT2D eigenvalue weighted by Crippen LogP contribution is 2.26. The first-order valence-corrected chi connectivity index (χ1v) is 9.89. The molecule has 2 aromatic carbocycles. The molecule has 6 nitrogen and oxygen atoms in total. The first kappa shape index (κ1) is 17.8. The molecule has 3 aromatic rings. The van der Waals surface area contributed by atoms with E-state index >= 15 is 0 Å². The SMILES string of the molecule is CNS(=O)(=O)c1ccc(Cl)c(C(=O)Nc2ccc3nc(C)sc3c2)c1. The normalized spacial score (nSPS) is 11.6. The number of fused-ring (bicyclic) bond motifs is 1. The van der Waals surface area contributed by atoms with E-state index in [1.54, 1.807) is 6.07 Å². The van der Waals surface area contributed by atoms with Crippen molar-refractivity contribution >= 4 is 54.8 Å². The Morgan fingerprint density at radius 3 is 2.68 bits per heavy atom. The summed E-state index contributed by atoms with van der Waals surface area (Å²) in [4.78, 5) is 16.9. The van der Waals surface area contributed by atoms with Crippen LogP contribution in [-0.2, 0) is 10.0 Å². The van der Waals surface area contributed by atoms with Crippen molar-refractivity contribution in [1.82, 2.24) is 9.71 Å². The number of sulfonamides is 1. The summed E-state index contributed by atoms with van der Waals surface area (Å²) in [7, 11) is -2.36. The summed E-state index contributed by atoms with van der Waals surface area (Å²) in [5.41, 5.74) is 1.53. The second kappa shape index (κ2) is 6.72. The van der Waals surface area contributed by atoms with Gasteiger partial charge in [0.15, 0.2) is 0 Å². The van der Waals surface area contributed by atoms with E-state index in [1.807, 2.05) is 19.1 Å². The van der Waals surface area contributed by atoms with Crippen LogP contribution in [0.5, 0.6) is 0 Å². The third kappa shape index (κ3) is 3.67. The average Bonchev–Trinajstić information content (AvgIpc) is 2.94. The quantitative estimate of drug-likeness (QED) is 0.708. The lowest BCUT2D eigenvalue weighted by atomic mass is 10.2. The molecule has 1 amide bonds. The summed E-state index contributed by atoms with van der Waals surface area (Å²) < 4.78 is 27.0. The molecule has 0 radical (unpaired) electrons. The number of halogens is 1. The number of anilines is 1. The number of amides is 1. The number of nitrogens with one attached hydrogen (secondary N) is 2. The number of aromatic nitrogens is 1. The van der Waals surface area contributed by atoms with Gasteiger partial charge in [-0.05, 0) is 50.4 Å². The molecule has 25 heavy (non-hydrogen) atoms. The molecule has 0 saturated carbocycles. The van der Waals surface area contributed by atoms with Crippen molar-refractivity contribution in [1.29, 1.82) is 0 Å². The first-order valence-electron chi connectivity index (χ1n) is 7.22. The Labute approximate surface area is 153 Å². The number of hydrogen-bond donors (Lipinski definition) is 2. The molecule has 3 rings (SSSR count). The highest BCUT2D eigenvalue weighted by Gasteiger charge is 2.17. The van der Waals surface area contributed by atoms with Crippen molar-refractivity contribution in [3.63, 3.8) is 0 Å². The second-order valence-electron chi connectivity index (χ2n) is 5.22. The molecule has 0 aliphatic heterocycles. The van der Waals surface area contributed by atoms with Gasteiger partial charge >= 0.3 is 0 Å². The maximum Gasteiger partial charge on any atom is 0.257 e. The summed E-state index contributed by atoms with van der Waals surface area (Å²) in [6, 6.07) is 9.35. The molecule has 1 heterocycles. The number of benzene rings is 2. The van der Waals surface area contributed by atoms with Crippen LogP contribution in [0, 0.1) is 6.92 Å². The van der Waals surface area contributed by atoms with Gasteiger partial charge in [-0.1, -0.05) is 11.6 Å². The fourth-order valence-electron chi connectivity index (χ4n) is 2.28. The molecule has 0 fully saturated rings. The lowest BCUT2D eigenvalue weighted by Crippen LogP contribution is -2.20. The molecular weight excluding hydrogens is 382 g/mol. The number of nitrogens with zero attached hydrogens (tertiary/aromatic N) is 1. The third-order valence-corrected chi connectivity index (χ3v) is 6.19. The molecule has 0 spiro atoms. The van der Waals surface area contributed by atoms with Gasteiger partial charge in [0.1, 0.15) is 0 Å². The van der Waals surface area contributed by atoms with E-state index in [0.29, 0.717) is 5.69 Å². The predicted octanol–water partition coefficient (Wildman–Crippen LogP) is 3.42. The van der Waals surface area contributed by atoms with Crippen molar-refractivity contribution in [2.75, 3.05) is 12.4 Å².